The van der Waals surface area contributed by atoms with E-state index in [0.29, 0.717) is 0 Å². The van der Waals surface area contributed by atoms with E-state index in [-0.39, 0.29) is 5.82 Å². The number of aromatic amines is 1. The van der Waals surface area contributed by atoms with Gasteiger partial charge in [0, 0.05) is 28.9 Å². The van der Waals surface area contributed by atoms with Gasteiger partial charge in [-0.25, -0.2) is 9.37 Å². The zero-order valence-corrected chi connectivity index (χ0v) is 13.9. The van der Waals surface area contributed by atoms with Crippen LogP contribution in [0, 0.1) is 12.7 Å². The monoisotopic (exact) mass is 343 g/mol. The number of aryl methyl sites for hydroxylation is 1. The molecule has 0 aliphatic heterocycles. The highest BCUT2D eigenvalue weighted by atomic mass is 19.1. The fourth-order valence-corrected chi connectivity index (χ4v) is 3.28. The van der Waals surface area contributed by atoms with Crippen LogP contribution in [0.5, 0.6) is 0 Å². The van der Waals surface area contributed by atoms with Gasteiger partial charge in [0.25, 0.3) is 0 Å². The van der Waals surface area contributed by atoms with E-state index in [4.69, 9.17) is 5.10 Å². The number of H-pyrrole nitrogens is 1. The van der Waals surface area contributed by atoms with Crippen molar-refractivity contribution in [1.29, 1.82) is 0 Å². The van der Waals surface area contributed by atoms with E-state index in [9.17, 15) is 4.39 Å². The molecule has 0 aliphatic rings. The molecule has 0 spiro atoms. The smallest absolute Gasteiger partial charge is 0.137 e. The molecule has 1 N–H and O–H groups in total. The molecular formula is C20H14FN5. The van der Waals surface area contributed by atoms with E-state index < -0.39 is 0 Å². The topological polar surface area (TPSA) is 58.9 Å². The summed E-state index contributed by atoms with van der Waals surface area (Å²) in [7, 11) is 0. The lowest BCUT2D eigenvalue weighted by Gasteiger charge is -2.05. The molecule has 4 heterocycles. The lowest BCUT2D eigenvalue weighted by molar-refractivity contribution is 0.628. The van der Waals surface area contributed by atoms with Gasteiger partial charge in [0.15, 0.2) is 0 Å². The van der Waals surface area contributed by atoms with Crippen LogP contribution in [-0.4, -0.2) is 24.8 Å². The Hall–Kier alpha value is -3.54. The van der Waals surface area contributed by atoms with Crippen molar-refractivity contribution in [3.8, 4) is 22.4 Å². The van der Waals surface area contributed by atoms with Crippen molar-refractivity contribution in [2.75, 3.05) is 0 Å². The van der Waals surface area contributed by atoms with Crippen LogP contribution in [-0.2, 0) is 0 Å². The number of fused-ring (bicyclic) bond motifs is 2. The Balaban J connectivity index is 1.89. The van der Waals surface area contributed by atoms with E-state index in [2.05, 4.69) is 15.1 Å². The Morgan fingerprint density at radius 3 is 2.65 bits per heavy atom. The lowest BCUT2D eigenvalue weighted by atomic mass is 9.98. The van der Waals surface area contributed by atoms with Crippen molar-refractivity contribution in [3.05, 3.63) is 72.4 Å². The van der Waals surface area contributed by atoms with Gasteiger partial charge in [0.2, 0.25) is 0 Å². The first-order valence-electron chi connectivity index (χ1n) is 8.26. The summed E-state index contributed by atoms with van der Waals surface area (Å²) in [5.41, 5.74) is 6.14. The number of nitrogens with one attached hydrogen (secondary N) is 1. The predicted octanol–water partition coefficient (Wildman–Crippen LogP) is 4.39. The zero-order chi connectivity index (χ0) is 17.7. The van der Waals surface area contributed by atoms with Crippen LogP contribution in [0.4, 0.5) is 4.39 Å². The van der Waals surface area contributed by atoms with Crippen LogP contribution in [0.2, 0.25) is 0 Å². The third-order valence-electron chi connectivity index (χ3n) is 4.49. The average Bonchev–Trinajstić information content (AvgIpc) is 3.26. The van der Waals surface area contributed by atoms with Crippen LogP contribution in [0.15, 0.2) is 60.9 Å². The van der Waals surface area contributed by atoms with Gasteiger partial charge >= 0.3 is 0 Å². The minimum absolute atomic E-state index is 0.273. The van der Waals surface area contributed by atoms with Crippen molar-refractivity contribution in [3.63, 3.8) is 0 Å². The van der Waals surface area contributed by atoms with Crippen molar-refractivity contribution in [2.45, 2.75) is 6.92 Å². The molecule has 6 heteroatoms. The zero-order valence-electron chi connectivity index (χ0n) is 13.9. The van der Waals surface area contributed by atoms with E-state index in [1.54, 1.807) is 23.0 Å². The van der Waals surface area contributed by atoms with Crippen molar-refractivity contribution in [2.24, 2.45) is 0 Å². The van der Waals surface area contributed by atoms with Gasteiger partial charge in [0.1, 0.15) is 17.2 Å². The first-order valence-corrected chi connectivity index (χ1v) is 8.26. The number of benzene rings is 1. The Bertz CT molecular complexity index is 1250. The highest BCUT2D eigenvalue weighted by molar-refractivity contribution is 6.02. The third-order valence-corrected chi connectivity index (χ3v) is 4.49. The number of pyridine rings is 1. The van der Waals surface area contributed by atoms with Gasteiger partial charge in [-0.2, -0.15) is 9.73 Å². The maximum Gasteiger partial charge on any atom is 0.137 e. The number of halogens is 1. The summed E-state index contributed by atoms with van der Waals surface area (Å²) in [6.45, 7) is 1.93. The van der Waals surface area contributed by atoms with Gasteiger partial charge in [-0.05, 0) is 61.0 Å². The second kappa shape index (κ2) is 5.49. The lowest BCUT2D eigenvalue weighted by Crippen LogP contribution is -1.95. The SMILES string of the molecule is Cc1ccc2c(-c3ccnc4[nH]ccc34)c(-c3ccc(F)cc3)nn2n1. The molecule has 0 atom stereocenters. The van der Waals surface area contributed by atoms with Crippen molar-refractivity contribution < 1.29 is 4.39 Å². The Labute approximate surface area is 148 Å². The molecule has 1 aromatic carbocycles. The van der Waals surface area contributed by atoms with Crippen molar-refractivity contribution in [1.82, 2.24) is 24.8 Å². The number of rotatable bonds is 2. The fourth-order valence-electron chi connectivity index (χ4n) is 3.28. The second-order valence-electron chi connectivity index (χ2n) is 6.18. The van der Waals surface area contributed by atoms with Crippen LogP contribution in [0.1, 0.15) is 5.69 Å². The quantitative estimate of drug-likeness (QED) is 0.517. The molecule has 5 aromatic rings. The summed E-state index contributed by atoms with van der Waals surface area (Å²) in [5, 5.41) is 10.2. The summed E-state index contributed by atoms with van der Waals surface area (Å²) >= 11 is 0. The molecule has 4 aromatic heterocycles. The molecule has 0 bridgehead atoms. The molecule has 26 heavy (non-hydrogen) atoms. The van der Waals surface area contributed by atoms with Crippen LogP contribution in [0.25, 0.3) is 38.9 Å². The molecule has 0 saturated carbocycles. The number of aromatic nitrogens is 5. The molecule has 0 saturated heterocycles. The van der Waals surface area contributed by atoms with Crippen LogP contribution >= 0.6 is 0 Å². The van der Waals surface area contributed by atoms with Gasteiger partial charge < -0.3 is 4.98 Å². The predicted molar refractivity (Wildman–Crippen MR) is 98.2 cm³/mol. The minimum Gasteiger partial charge on any atom is -0.346 e. The summed E-state index contributed by atoms with van der Waals surface area (Å²) in [5.74, 6) is -0.273. The molecule has 0 aliphatic carbocycles. The maximum atomic E-state index is 13.4. The first-order chi connectivity index (χ1) is 12.7. The van der Waals surface area contributed by atoms with E-state index in [1.807, 2.05) is 37.4 Å². The minimum atomic E-state index is -0.273. The summed E-state index contributed by atoms with van der Waals surface area (Å²) in [6.07, 6.45) is 3.64. The van der Waals surface area contributed by atoms with Gasteiger partial charge in [-0.3, -0.25) is 0 Å². The normalized spacial score (nSPS) is 11.5. The highest BCUT2D eigenvalue weighted by Gasteiger charge is 2.19. The molecule has 0 amide bonds. The highest BCUT2D eigenvalue weighted by Crippen LogP contribution is 2.37. The van der Waals surface area contributed by atoms with Gasteiger partial charge in [-0.1, -0.05) is 0 Å². The number of hydrogen-bond acceptors (Lipinski definition) is 3. The third kappa shape index (κ3) is 2.19. The number of hydrogen-bond donors (Lipinski definition) is 1. The molecule has 0 unspecified atom stereocenters. The largest absolute Gasteiger partial charge is 0.346 e. The van der Waals surface area contributed by atoms with Crippen LogP contribution < -0.4 is 0 Å². The summed E-state index contributed by atoms with van der Waals surface area (Å²) < 4.78 is 15.0. The molecule has 5 rings (SSSR count). The van der Waals surface area contributed by atoms with E-state index in [0.717, 1.165) is 44.6 Å². The average molecular weight is 343 g/mol. The van der Waals surface area contributed by atoms with Gasteiger partial charge in [-0.15, -0.1) is 5.10 Å². The molecular weight excluding hydrogens is 329 g/mol. The standard InChI is InChI=1S/C20H14FN5/c1-12-2-7-17-18(15-8-10-22-20-16(15)9-11-23-20)19(25-26(17)24-12)13-3-5-14(21)6-4-13/h2-11H,1H3,(H,22,23). The van der Waals surface area contributed by atoms with E-state index in [1.165, 1.54) is 12.1 Å². The molecule has 126 valence electrons. The molecule has 0 fully saturated rings. The number of nitrogens with zero attached hydrogens (tertiary/aromatic N) is 4. The van der Waals surface area contributed by atoms with Crippen LogP contribution in [0.3, 0.4) is 0 Å². The van der Waals surface area contributed by atoms with Gasteiger partial charge in [0.05, 0.1) is 11.2 Å². The fraction of sp³-hybridized carbons (Fsp3) is 0.0500. The first kappa shape index (κ1) is 14.8. The Morgan fingerprint density at radius 2 is 1.81 bits per heavy atom. The van der Waals surface area contributed by atoms with Crippen molar-refractivity contribution >= 4 is 16.6 Å². The van der Waals surface area contributed by atoms with E-state index >= 15 is 0 Å². The summed E-state index contributed by atoms with van der Waals surface area (Å²) in [6, 6.07) is 14.3. The maximum absolute atomic E-state index is 13.4. The molecule has 5 nitrogen and oxygen atoms in total. The summed E-state index contributed by atoms with van der Waals surface area (Å²) in [4.78, 5) is 7.51. The second-order valence-corrected chi connectivity index (χ2v) is 6.18. The Kier molecular flexibility index (Phi) is 3.12. The molecule has 0 radical (unpaired) electrons. The Morgan fingerprint density at radius 1 is 0.962 bits per heavy atom.